The lowest BCUT2D eigenvalue weighted by Crippen LogP contribution is -2.59. The number of carbonyl (C=O) groups is 8. The molecule has 2 saturated carbocycles. The Bertz CT molecular complexity index is 2310. The minimum Gasteiger partial charge on any atom is -0.464 e. The van der Waals surface area contributed by atoms with Crippen LogP contribution in [0, 0.1) is 22.7 Å². The number of amides is 6. The first-order valence-electron chi connectivity index (χ1n) is 24.6. The molecule has 0 aromatic heterocycles. The lowest BCUT2D eigenvalue weighted by Gasteiger charge is -2.36. The van der Waals surface area contributed by atoms with Gasteiger partial charge < -0.3 is 55.1 Å². The molecule has 4 fully saturated rings. The Labute approximate surface area is 437 Å². The van der Waals surface area contributed by atoms with Crippen LogP contribution in [0.5, 0.6) is 0 Å². The van der Waals surface area contributed by atoms with E-state index in [-0.39, 0.29) is 38.5 Å². The first-order valence-corrected chi connectivity index (χ1v) is 26.0. The molecule has 22 nitrogen and oxygen atoms in total. The second kappa shape index (κ2) is 23.4. The molecule has 426 valence electrons. The number of nitrogens with zero attached hydrogens (tertiary/aromatic N) is 2. The Morgan fingerprint density at radius 2 is 1.01 bits per heavy atom. The average Bonchev–Trinajstić information content (AvgIpc) is 4.04. The van der Waals surface area contributed by atoms with Gasteiger partial charge in [-0.1, -0.05) is 53.7 Å². The Kier molecular flexibility index (Phi) is 19.9. The summed E-state index contributed by atoms with van der Waals surface area (Å²) in [5, 5.41) is 20.6. The molecule has 0 spiro atoms. The normalized spacial score (nSPS) is 26.4. The second-order valence-corrected chi connectivity index (χ2v) is 24.7. The summed E-state index contributed by atoms with van der Waals surface area (Å²) in [6, 6.07) is -4.93. The highest BCUT2D eigenvalue weighted by atomic mass is 32.2. The minimum absolute atomic E-state index is 0.00314. The zero-order valence-corrected chi connectivity index (χ0v) is 46.2. The number of hydrogen-bond acceptors (Lipinski definition) is 16. The SMILES string of the molecule is C=C[C@@H]1C[C@]1(NC(=O)[C@@H]1C[C@H](O)CN1C(=O)[C@@H](NC(=O)OC(C)(C)C)C(C)(C)C)C(=O)OCC.C=C[C@@H]1C[C@]1(NC(=O)[C@@H]1C[C@H](OS(=O)(=O)C(F)(F)F)CN1C(=O)[C@@H](NC(=O)OC(C)(C)C)C(C)(C)C)C(=O)OCC. The maximum Gasteiger partial charge on any atom is 0.523 e. The van der Waals surface area contributed by atoms with Gasteiger partial charge in [-0.25, -0.2) is 19.2 Å². The average molecular weight is 1100 g/mol. The topological polar surface area (TPSA) is 292 Å². The van der Waals surface area contributed by atoms with E-state index in [0.717, 1.165) is 4.90 Å². The van der Waals surface area contributed by atoms with Crippen LogP contribution in [0.15, 0.2) is 25.3 Å². The van der Waals surface area contributed by atoms with E-state index in [2.05, 4.69) is 38.6 Å². The van der Waals surface area contributed by atoms with Crippen LogP contribution in [-0.2, 0) is 62.0 Å². The van der Waals surface area contributed by atoms with Crippen LogP contribution in [0.2, 0.25) is 0 Å². The number of β-amino-alcohol motifs (C(OH)–C–C–N with tert-alkyl or cyclic N) is 1. The third-order valence-electron chi connectivity index (χ3n) is 12.4. The highest BCUT2D eigenvalue weighted by Gasteiger charge is 2.63. The monoisotopic (exact) mass is 1090 g/mol. The standard InChI is InChI=1S/C25H38F3N3O9S.C24H39N3O7/c1-9-14-12-24(14,20(34)38-10-2)30-18(32)16-11-15(40-41(36,37)25(26,27)28)13-31(16)19(33)17(22(3,4)5)29-21(35)39-23(6,7)8;1-9-14-12-24(14,20(31)33-10-2)26-18(29)16-11-15(28)13-27(16)19(30)17(22(3,4)5)25-21(32)34-23(6,7)8/h9,14-17H,1,10-13H2,2-8H3,(H,29,35)(H,30,32);9,14-17,28H,1,10-13H2,2-8H3,(H,25,32)(H,26,29)/t2*14-,15+,16+,17-,24-/m11/s1. The van der Waals surface area contributed by atoms with Crippen molar-refractivity contribution in [3.05, 3.63) is 25.3 Å². The fourth-order valence-electron chi connectivity index (χ4n) is 8.51. The van der Waals surface area contributed by atoms with Gasteiger partial charge in [0.1, 0.15) is 46.4 Å². The van der Waals surface area contributed by atoms with Crippen molar-refractivity contribution in [1.29, 1.82) is 0 Å². The fourth-order valence-corrected chi connectivity index (χ4v) is 9.12. The molecule has 0 aromatic carbocycles. The molecule has 2 heterocycles. The lowest BCUT2D eigenvalue weighted by atomic mass is 9.85. The van der Waals surface area contributed by atoms with E-state index < -0.39 is 152 Å². The van der Waals surface area contributed by atoms with Crippen molar-refractivity contribution >= 4 is 57.9 Å². The lowest BCUT2D eigenvalue weighted by molar-refractivity contribution is -0.150. The third kappa shape index (κ3) is 16.3. The maximum absolute atomic E-state index is 13.8. The number of halogens is 3. The van der Waals surface area contributed by atoms with Crippen LogP contribution in [0.4, 0.5) is 22.8 Å². The van der Waals surface area contributed by atoms with Crippen LogP contribution in [0.3, 0.4) is 0 Å². The van der Waals surface area contributed by atoms with Gasteiger partial charge in [-0.3, -0.25) is 23.4 Å². The van der Waals surface area contributed by atoms with Crippen molar-refractivity contribution in [1.82, 2.24) is 31.1 Å². The molecule has 6 amide bonds. The van der Waals surface area contributed by atoms with Gasteiger partial charge in [0.05, 0.1) is 25.4 Å². The van der Waals surface area contributed by atoms with Crippen molar-refractivity contribution < 1.29 is 88.2 Å². The number of alkyl carbamates (subject to hydrolysis) is 2. The largest absolute Gasteiger partial charge is 0.523 e. The molecular formula is C49H77F3N6O16S. The molecule has 0 bridgehead atoms. The number of hydrogen-bond donors (Lipinski definition) is 5. The van der Waals surface area contributed by atoms with E-state index in [1.807, 2.05) is 0 Å². The highest BCUT2D eigenvalue weighted by molar-refractivity contribution is 7.87. The Hall–Kier alpha value is -5.50. The highest BCUT2D eigenvalue weighted by Crippen LogP contribution is 2.47. The molecule has 0 unspecified atom stereocenters. The molecule has 2 aliphatic heterocycles. The first kappa shape index (κ1) is 63.8. The fraction of sp³-hybridized carbons (Fsp3) is 0.755. The van der Waals surface area contributed by atoms with E-state index in [9.17, 15) is 65.1 Å². The molecule has 0 aromatic rings. The van der Waals surface area contributed by atoms with E-state index in [4.69, 9.17) is 18.9 Å². The molecule has 26 heteroatoms. The smallest absolute Gasteiger partial charge is 0.464 e. The number of ether oxygens (including phenoxy) is 4. The van der Waals surface area contributed by atoms with Gasteiger partial charge >= 0.3 is 39.8 Å². The van der Waals surface area contributed by atoms with Crippen LogP contribution in [0.25, 0.3) is 0 Å². The summed E-state index contributed by atoms with van der Waals surface area (Å²) in [5.74, 6) is -5.03. The van der Waals surface area contributed by atoms with E-state index in [1.54, 1.807) is 103 Å². The molecule has 75 heavy (non-hydrogen) atoms. The number of esters is 2. The molecule has 2 aliphatic carbocycles. The zero-order valence-electron chi connectivity index (χ0n) is 45.4. The van der Waals surface area contributed by atoms with Gasteiger partial charge in [0, 0.05) is 37.8 Å². The van der Waals surface area contributed by atoms with E-state index >= 15 is 0 Å². The van der Waals surface area contributed by atoms with Gasteiger partial charge in [-0.15, -0.1) is 13.2 Å². The van der Waals surface area contributed by atoms with Gasteiger partial charge in [-0.2, -0.15) is 21.6 Å². The van der Waals surface area contributed by atoms with E-state index in [1.165, 1.54) is 11.0 Å². The number of alkyl halides is 3. The summed E-state index contributed by atoms with van der Waals surface area (Å²) in [7, 11) is -6.07. The number of aliphatic hydroxyl groups excluding tert-OH is 1. The summed E-state index contributed by atoms with van der Waals surface area (Å²) in [5.41, 5.74) is -11.8. The minimum atomic E-state index is -6.07. The zero-order chi connectivity index (χ0) is 57.8. The maximum atomic E-state index is 13.8. The summed E-state index contributed by atoms with van der Waals surface area (Å²) >= 11 is 0. The quantitative estimate of drug-likeness (QED) is 0.0482. The van der Waals surface area contributed by atoms with Crippen molar-refractivity contribution in [2.45, 2.75) is 187 Å². The number of carbonyl (C=O) groups excluding carboxylic acids is 8. The van der Waals surface area contributed by atoms with Crippen molar-refractivity contribution in [3.8, 4) is 0 Å². The van der Waals surface area contributed by atoms with Crippen molar-refractivity contribution in [3.63, 3.8) is 0 Å². The summed E-state index contributed by atoms with van der Waals surface area (Å²) in [4.78, 5) is 106. The number of nitrogens with one attached hydrogen (secondary N) is 4. The van der Waals surface area contributed by atoms with Crippen molar-refractivity contribution in [2.24, 2.45) is 22.7 Å². The Balaban J connectivity index is 0.000000402. The predicted octanol–water partition coefficient (Wildman–Crippen LogP) is 3.90. The molecular weight excluding hydrogens is 1020 g/mol. The van der Waals surface area contributed by atoms with Gasteiger partial charge in [0.2, 0.25) is 23.6 Å². The predicted molar refractivity (Wildman–Crippen MR) is 263 cm³/mol. The third-order valence-corrected chi connectivity index (χ3v) is 13.5. The van der Waals surface area contributed by atoms with Gasteiger partial charge in [-0.05, 0) is 79.1 Å². The van der Waals surface area contributed by atoms with Crippen molar-refractivity contribution in [2.75, 3.05) is 26.3 Å². The van der Waals surface area contributed by atoms with Crippen LogP contribution >= 0.6 is 0 Å². The van der Waals surface area contributed by atoms with Crippen LogP contribution in [0.1, 0.15) is 123 Å². The van der Waals surface area contributed by atoms with Gasteiger partial charge in [0.15, 0.2) is 0 Å². The summed E-state index contributed by atoms with van der Waals surface area (Å²) in [6.45, 7) is 30.0. The molecule has 0 radical (unpaired) electrons. The number of rotatable bonds is 16. The molecule has 4 rings (SSSR count). The number of likely N-dealkylation sites (tertiary alicyclic amines) is 2. The second-order valence-electron chi connectivity index (χ2n) is 23.1. The molecule has 4 aliphatic rings. The Morgan fingerprint density at radius 1 is 0.653 bits per heavy atom. The van der Waals surface area contributed by atoms with Gasteiger partial charge in [0.25, 0.3) is 0 Å². The van der Waals surface area contributed by atoms with E-state index in [0.29, 0.717) is 6.42 Å². The summed E-state index contributed by atoms with van der Waals surface area (Å²) in [6.07, 6.45) is -1.52. The molecule has 5 N–H and O–H groups in total. The Morgan fingerprint density at radius 3 is 1.32 bits per heavy atom. The molecule has 2 saturated heterocycles. The molecule has 10 atom stereocenters. The number of aliphatic hydroxyl groups is 1. The summed E-state index contributed by atoms with van der Waals surface area (Å²) < 4.78 is 87.7. The first-order chi connectivity index (χ1) is 34.0. The van der Waals surface area contributed by atoms with Crippen LogP contribution < -0.4 is 21.3 Å². The van der Waals surface area contributed by atoms with Crippen LogP contribution in [-0.4, -0.2) is 162 Å².